The first-order valence-electron chi connectivity index (χ1n) is 8.17. The van der Waals surface area contributed by atoms with E-state index in [1.165, 1.54) is 22.9 Å². The van der Waals surface area contributed by atoms with Gasteiger partial charge in [-0.05, 0) is 50.5 Å². The van der Waals surface area contributed by atoms with Gasteiger partial charge in [-0.3, -0.25) is 9.89 Å². The summed E-state index contributed by atoms with van der Waals surface area (Å²) < 4.78 is 0. The summed E-state index contributed by atoms with van der Waals surface area (Å²) in [7, 11) is 0. The largest absolute Gasteiger partial charge is 0.293 e. The number of carbonyl (C=O) groups excluding carboxylic acids is 1. The van der Waals surface area contributed by atoms with Crippen molar-refractivity contribution < 1.29 is 4.79 Å². The van der Waals surface area contributed by atoms with E-state index in [4.69, 9.17) is 0 Å². The lowest BCUT2D eigenvalue weighted by Crippen LogP contribution is -2.06. The number of hydrogen-bond acceptors (Lipinski definition) is 4. The Kier molecular flexibility index (Phi) is 5.04. The number of nitrogens with zero attached hydrogens (tertiary/aromatic N) is 2. The quantitative estimate of drug-likeness (QED) is 0.535. The number of ketones is 1. The number of H-pyrrole nitrogens is 1. The molecule has 0 radical (unpaired) electrons. The Hall–Kier alpha value is -2.40. The standard InChI is InChI=1S/C20H21N3OS/c1-12-5-7-16(8-6-12)19-21-20(23-22-19)25-11-18(24)17-10-14(3)13(2)9-15(17)4/h5-10H,11H2,1-4H3,(H,21,22,23). The van der Waals surface area contributed by atoms with Crippen molar-refractivity contribution in [3.63, 3.8) is 0 Å². The first-order valence-corrected chi connectivity index (χ1v) is 9.16. The average molecular weight is 351 g/mol. The second-order valence-corrected chi connectivity index (χ2v) is 7.24. The maximum Gasteiger partial charge on any atom is 0.209 e. The first-order chi connectivity index (χ1) is 11.9. The highest BCUT2D eigenvalue weighted by molar-refractivity contribution is 7.99. The van der Waals surface area contributed by atoms with Crippen LogP contribution in [0.25, 0.3) is 11.4 Å². The van der Waals surface area contributed by atoms with Crippen LogP contribution >= 0.6 is 11.8 Å². The van der Waals surface area contributed by atoms with E-state index in [9.17, 15) is 4.79 Å². The lowest BCUT2D eigenvalue weighted by atomic mass is 9.99. The lowest BCUT2D eigenvalue weighted by Gasteiger charge is -2.08. The fraction of sp³-hybridized carbons (Fsp3) is 0.250. The maximum absolute atomic E-state index is 12.5. The minimum Gasteiger partial charge on any atom is -0.293 e. The molecule has 0 amide bonds. The van der Waals surface area contributed by atoms with Crippen LogP contribution in [0.15, 0.2) is 41.6 Å². The Labute approximate surface area is 152 Å². The minimum absolute atomic E-state index is 0.104. The molecule has 0 aliphatic carbocycles. The summed E-state index contributed by atoms with van der Waals surface area (Å²) in [5, 5.41) is 7.74. The number of nitrogens with one attached hydrogen (secondary N) is 1. The van der Waals surface area contributed by atoms with Crippen LogP contribution < -0.4 is 0 Å². The number of hydrogen-bond donors (Lipinski definition) is 1. The normalized spacial score (nSPS) is 10.9. The van der Waals surface area contributed by atoms with Gasteiger partial charge in [-0.25, -0.2) is 4.98 Å². The molecular formula is C20H21N3OS. The minimum atomic E-state index is 0.104. The molecule has 2 aromatic carbocycles. The third-order valence-electron chi connectivity index (χ3n) is 4.26. The van der Waals surface area contributed by atoms with Gasteiger partial charge in [0.25, 0.3) is 0 Å². The van der Waals surface area contributed by atoms with Crippen molar-refractivity contribution in [1.29, 1.82) is 0 Å². The molecule has 0 aliphatic heterocycles. The number of benzene rings is 2. The summed E-state index contributed by atoms with van der Waals surface area (Å²) in [6.45, 7) is 8.12. The van der Waals surface area contributed by atoms with Crippen molar-refractivity contribution in [2.45, 2.75) is 32.9 Å². The summed E-state index contributed by atoms with van der Waals surface area (Å²) in [5.41, 5.74) is 6.33. The molecule has 0 fully saturated rings. The Morgan fingerprint density at radius 1 is 1.00 bits per heavy atom. The highest BCUT2D eigenvalue weighted by Gasteiger charge is 2.13. The molecule has 1 aromatic heterocycles. The smallest absolute Gasteiger partial charge is 0.209 e. The van der Waals surface area contributed by atoms with Crippen molar-refractivity contribution in [3.8, 4) is 11.4 Å². The lowest BCUT2D eigenvalue weighted by molar-refractivity contribution is 0.102. The molecule has 4 nitrogen and oxygen atoms in total. The zero-order chi connectivity index (χ0) is 18.0. The number of Topliss-reactive ketones (excluding diaryl/α,β-unsaturated/α-hetero) is 1. The van der Waals surface area contributed by atoms with E-state index in [2.05, 4.69) is 28.2 Å². The molecule has 128 valence electrons. The van der Waals surface area contributed by atoms with Gasteiger partial charge < -0.3 is 0 Å². The molecule has 3 aromatic rings. The summed E-state index contributed by atoms with van der Waals surface area (Å²) in [6, 6.07) is 12.1. The van der Waals surface area contributed by atoms with Gasteiger partial charge in [-0.2, -0.15) is 0 Å². The van der Waals surface area contributed by atoms with Gasteiger partial charge in [0.05, 0.1) is 5.75 Å². The summed E-state index contributed by atoms with van der Waals surface area (Å²) in [4.78, 5) is 17.0. The third kappa shape index (κ3) is 3.99. The van der Waals surface area contributed by atoms with E-state index in [0.717, 1.165) is 28.1 Å². The zero-order valence-electron chi connectivity index (χ0n) is 14.9. The van der Waals surface area contributed by atoms with Crippen molar-refractivity contribution >= 4 is 17.5 Å². The monoisotopic (exact) mass is 351 g/mol. The fourth-order valence-corrected chi connectivity index (χ4v) is 3.30. The van der Waals surface area contributed by atoms with Crippen LogP contribution in [0.1, 0.15) is 32.6 Å². The van der Waals surface area contributed by atoms with Crippen LogP contribution in [0.4, 0.5) is 0 Å². The topological polar surface area (TPSA) is 58.6 Å². The first kappa shape index (κ1) is 17.4. The van der Waals surface area contributed by atoms with E-state index in [1.54, 1.807) is 0 Å². The number of aromatic nitrogens is 3. The van der Waals surface area contributed by atoms with E-state index in [1.807, 2.05) is 51.1 Å². The average Bonchev–Trinajstić information content (AvgIpc) is 3.05. The van der Waals surface area contributed by atoms with Gasteiger partial charge in [0, 0.05) is 11.1 Å². The predicted molar refractivity (Wildman–Crippen MR) is 102 cm³/mol. The molecule has 0 aliphatic rings. The molecule has 0 unspecified atom stereocenters. The number of carbonyl (C=O) groups is 1. The zero-order valence-corrected chi connectivity index (χ0v) is 15.7. The molecule has 5 heteroatoms. The van der Waals surface area contributed by atoms with Gasteiger partial charge in [0.1, 0.15) is 0 Å². The highest BCUT2D eigenvalue weighted by Crippen LogP contribution is 2.22. The van der Waals surface area contributed by atoms with Gasteiger partial charge in [0.2, 0.25) is 5.16 Å². The van der Waals surface area contributed by atoms with Crippen molar-refractivity contribution in [3.05, 3.63) is 64.2 Å². The van der Waals surface area contributed by atoms with Gasteiger partial charge in [0.15, 0.2) is 11.6 Å². The number of thioether (sulfide) groups is 1. The van der Waals surface area contributed by atoms with Crippen LogP contribution in [0, 0.1) is 27.7 Å². The van der Waals surface area contributed by atoms with Crippen LogP contribution in [0.3, 0.4) is 0 Å². The molecule has 3 rings (SSSR count). The molecule has 0 spiro atoms. The highest BCUT2D eigenvalue weighted by atomic mass is 32.2. The number of aromatic amines is 1. The van der Waals surface area contributed by atoms with Gasteiger partial charge >= 0.3 is 0 Å². The molecule has 0 atom stereocenters. The van der Waals surface area contributed by atoms with Gasteiger partial charge in [-0.1, -0.05) is 47.7 Å². The molecule has 0 saturated heterocycles. The Bertz CT molecular complexity index is 913. The molecular weight excluding hydrogens is 330 g/mol. The SMILES string of the molecule is Cc1ccc(-c2nc(SCC(=O)c3cc(C)c(C)cc3C)n[nH]2)cc1. The predicted octanol–water partition coefficient (Wildman–Crippen LogP) is 4.68. The Balaban J connectivity index is 1.69. The third-order valence-corrected chi connectivity index (χ3v) is 5.11. The van der Waals surface area contributed by atoms with Crippen LogP contribution in [-0.2, 0) is 0 Å². The van der Waals surface area contributed by atoms with Crippen LogP contribution in [0.5, 0.6) is 0 Å². The van der Waals surface area contributed by atoms with E-state index >= 15 is 0 Å². The Morgan fingerprint density at radius 2 is 1.68 bits per heavy atom. The number of rotatable bonds is 5. The van der Waals surface area contributed by atoms with Crippen molar-refractivity contribution in [1.82, 2.24) is 15.2 Å². The second-order valence-electron chi connectivity index (χ2n) is 6.30. The molecule has 1 heterocycles. The van der Waals surface area contributed by atoms with Crippen molar-refractivity contribution in [2.24, 2.45) is 0 Å². The summed E-state index contributed by atoms with van der Waals surface area (Å²) >= 11 is 1.36. The second kappa shape index (κ2) is 7.23. The number of aryl methyl sites for hydroxylation is 4. The molecule has 0 bridgehead atoms. The van der Waals surface area contributed by atoms with E-state index < -0.39 is 0 Å². The Morgan fingerprint density at radius 3 is 2.40 bits per heavy atom. The van der Waals surface area contributed by atoms with Crippen molar-refractivity contribution in [2.75, 3.05) is 5.75 Å². The van der Waals surface area contributed by atoms with E-state index in [0.29, 0.717) is 10.9 Å². The van der Waals surface area contributed by atoms with Crippen LogP contribution in [0.2, 0.25) is 0 Å². The summed E-state index contributed by atoms with van der Waals surface area (Å²) in [6.07, 6.45) is 0. The molecule has 25 heavy (non-hydrogen) atoms. The van der Waals surface area contributed by atoms with E-state index in [-0.39, 0.29) is 5.78 Å². The summed E-state index contributed by atoms with van der Waals surface area (Å²) in [5.74, 6) is 1.15. The molecule has 1 N–H and O–H groups in total. The van der Waals surface area contributed by atoms with Crippen LogP contribution in [-0.4, -0.2) is 26.7 Å². The maximum atomic E-state index is 12.5. The fourth-order valence-electron chi connectivity index (χ4n) is 2.62. The molecule has 0 saturated carbocycles. The van der Waals surface area contributed by atoms with Gasteiger partial charge in [-0.15, -0.1) is 5.10 Å².